The van der Waals surface area contributed by atoms with E-state index in [0.29, 0.717) is 0 Å². The number of carbonyl (C=O) groups is 5. The van der Waals surface area contributed by atoms with E-state index in [1.807, 2.05) is 0 Å². The zero-order chi connectivity index (χ0) is 33.3. The van der Waals surface area contributed by atoms with Crippen LogP contribution >= 0.6 is 0 Å². The number of ketones is 2. The van der Waals surface area contributed by atoms with Crippen LogP contribution in [-0.2, 0) is 24.0 Å². The van der Waals surface area contributed by atoms with Crippen LogP contribution in [0.15, 0.2) is 29.0 Å². The topological polar surface area (TPSA) is 260 Å². The van der Waals surface area contributed by atoms with E-state index in [2.05, 4.69) is 10.6 Å². The number of nitrogens with zero attached hydrogens (tertiary/aromatic N) is 1. The van der Waals surface area contributed by atoms with Crippen LogP contribution < -0.4 is 16.4 Å². The molecule has 15 heteroatoms. The minimum Gasteiger partial charge on any atom is -0.508 e. The van der Waals surface area contributed by atoms with Crippen molar-refractivity contribution < 1.29 is 54.6 Å². The minimum absolute atomic E-state index is 0.0235. The van der Waals surface area contributed by atoms with Crippen molar-refractivity contribution in [2.24, 2.45) is 17.6 Å². The number of benzene rings is 1. The molecule has 5 unspecified atom stereocenters. The van der Waals surface area contributed by atoms with Crippen LogP contribution in [-0.4, -0.2) is 109 Å². The van der Waals surface area contributed by atoms with Crippen LogP contribution in [0.5, 0.6) is 5.75 Å². The number of rotatable bonds is 9. The average Bonchev–Trinajstić information content (AvgIpc) is 3.78. The molecule has 15 nitrogen and oxygen atoms in total. The molecule has 0 aromatic heterocycles. The van der Waals surface area contributed by atoms with E-state index in [-0.39, 0.29) is 35.7 Å². The quantitative estimate of drug-likeness (QED) is 0.123. The average molecular weight is 629 g/mol. The number of Topliss-reactive ketones (excluding diaryl/α,β-unsaturated/α-hetero) is 2. The molecular weight excluding hydrogens is 592 g/mol. The lowest BCUT2D eigenvalue weighted by atomic mass is 9.54. The lowest BCUT2D eigenvalue weighted by Gasteiger charge is -2.53. The van der Waals surface area contributed by atoms with Crippen molar-refractivity contribution in [3.63, 3.8) is 0 Å². The summed E-state index contributed by atoms with van der Waals surface area (Å²) in [4.78, 5) is 65.1. The van der Waals surface area contributed by atoms with Gasteiger partial charge in [-0.3, -0.25) is 28.9 Å². The fourth-order valence-corrected chi connectivity index (χ4v) is 7.03. The number of anilines is 1. The second kappa shape index (κ2) is 11.2. The molecule has 7 atom stereocenters. The number of amides is 2. The van der Waals surface area contributed by atoms with Crippen LogP contribution in [0.1, 0.15) is 49.7 Å². The second-order valence-corrected chi connectivity index (χ2v) is 12.4. The third kappa shape index (κ3) is 4.95. The number of hydrogen-bond donors (Lipinski definition) is 9. The summed E-state index contributed by atoms with van der Waals surface area (Å²) < 4.78 is 0. The van der Waals surface area contributed by atoms with Gasteiger partial charge in [-0.2, -0.15) is 0 Å². The number of carbonyl (C=O) groups excluding carboxylic acids is 4. The number of likely N-dealkylation sites (N-methyl/N-ethyl adjacent to an activating group) is 1. The van der Waals surface area contributed by atoms with Crippen molar-refractivity contribution in [3.05, 3.63) is 40.2 Å². The molecule has 45 heavy (non-hydrogen) atoms. The lowest BCUT2D eigenvalue weighted by Crippen LogP contribution is -2.70. The maximum Gasteiger partial charge on any atom is 0.303 e. The molecule has 0 aliphatic heterocycles. The number of aliphatic hydroxyl groups is 4. The number of nitrogens with one attached hydrogen (secondary N) is 2. The highest BCUT2D eigenvalue weighted by atomic mass is 16.4. The van der Waals surface area contributed by atoms with Gasteiger partial charge in [0.15, 0.2) is 11.4 Å². The Morgan fingerprint density at radius 1 is 1.13 bits per heavy atom. The van der Waals surface area contributed by atoms with E-state index in [4.69, 9.17) is 10.8 Å². The second-order valence-electron chi connectivity index (χ2n) is 12.4. The fraction of sp³-hybridized carbons (Fsp3) is 0.500. The number of hydrogen-bond acceptors (Lipinski definition) is 12. The van der Waals surface area contributed by atoms with Gasteiger partial charge in [0.25, 0.3) is 5.91 Å². The zero-order valence-corrected chi connectivity index (χ0v) is 24.8. The molecule has 2 fully saturated rings. The Balaban J connectivity index is 1.60. The predicted molar refractivity (Wildman–Crippen MR) is 156 cm³/mol. The number of phenols is 1. The van der Waals surface area contributed by atoms with E-state index >= 15 is 0 Å². The first kappa shape index (κ1) is 32.1. The Hall–Kier alpha value is -4.31. The maximum atomic E-state index is 14.1. The highest BCUT2D eigenvalue weighted by Gasteiger charge is 2.68. The molecule has 4 aliphatic rings. The number of aromatic hydroxyl groups is 1. The molecule has 2 saturated carbocycles. The molecular formula is C30H36N4O11. The van der Waals surface area contributed by atoms with Crippen molar-refractivity contribution in [1.82, 2.24) is 10.2 Å². The number of aliphatic carboxylic acids is 1. The molecule has 0 heterocycles. The fourth-order valence-electron chi connectivity index (χ4n) is 7.03. The molecule has 5 rings (SSSR count). The van der Waals surface area contributed by atoms with Gasteiger partial charge in [0.2, 0.25) is 11.7 Å². The van der Waals surface area contributed by atoms with Gasteiger partial charge in [0.1, 0.15) is 22.8 Å². The van der Waals surface area contributed by atoms with Gasteiger partial charge in [0.05, 0.1) is 35.4 Å². The Labute approximate surface area is 257 Å². The van der Waals surface area contributed by atoms with Gasteiger partial charge in [-0.25, -0.2) is 0 Å². The van der Waals surface area contributed by atoms with Crippen LogP contribution in [0.4, 0.5) is 5.69 Å². The first-order valence-corrected chi connectivity index (χ1v) is 14.5. The molecule has 1 aromatic carbocycles. The van der Waals surface area contributed by atoms with Crippen molar-refractivity contribution in [2.75, 3.05) is 19.4 Å². The Kier molecular flexibility index (Phi) is 8.02. The molecule has 1 aromatic rings. The van der Waals surface area contributed by atoms with E-state index < -0.39 is 99.3 Å². The van der Waals surface area contributed by atoms with Crippen molar-refractivity contribution in [1.29, 1.82) is 0 Å². The van der Waals surface area contributed by atoms with Crippen molar-refractivity contribution in [3.8, 4) is 5.75 Å². The zero-order valence-electron chi connectivity index (χ0n) is 24.8. The summed E-state index contributed by atoms with van der Waals surface area (Å²) >= 11 is 0. The van der Waals surface area contributed by atoms with Gasteiger partial charge in [-0.15, -0.1) is 0 Å². The van der Waals surface area contributed by atoms with Gasteiger partial charge >= 0.3 is 5.97 Å². The summed E-state index contributed by atoms with van der Waals surface area (Å²) in [7, 11) is 2.84. The number of carboxylic acids is 1. The number of fused-ring (bicyclic) bond motifs is 3. The molecule has 0 spiro atoms. The molecule has 242 valence electrons. The van der Waals surface area contributed by atoms with Gasteiger partial charge in [-0.1, -0.05) is 13.0 Å². The number of phenolic OH excluding ortho intramolecular Hbond substituents is 1. The van der Waals surface area contributed by atoms with E-state index in [0.717, 1.165) is 12.8 Å². The number of nitrogens with two attached hydrogens (primary N) is 1. The highest BCUT2D eigenvalue weighted by molar-refractivity contribution is 6.24. The number of carboxylic acid groups (broad SMARTS) is 1. The van der Waals surface area contributed by atoms with Crippen molar-refractivity contribution >= 4 is 40.8 Å². The normalized spacial score (nSPS) is 30.0. The molecule has 4 aliphatic carbocycles. The molecule has 0 bridgehead atoms. The summed E-state index contributed by atoms with van der Waals surface area (Å²) in [6, 6.07) is 0.528. The smallest absolute Gasteiger partial charge is 0.303 e. The summed E-state index contributed by atoms with van der Waals surface area (Å²) in [6.45, 7) is 1.59. The summed E-state index contributed by atoms with van der Waals surface area (Å²) in [5, 5.41) is 72.0. The minimum atomic E-state index is -3.04. The summed E-state index contributed by atoms with van der Waals surface area (Å²) in [5.41, 5.74) is 0.550. The monoisotopic (exact) mass is 628 g/mol. The third-order valence-electron chi connectivity index (χ3n) is 9.36. The summed E-state index contributed by atoms with van der Waals surface area (Å²) in [6.07, 6.45) is -0.393. The number of primary amides is 1. The van der Waals surface area contributed by atoms with Gasteiger partial charge in [-0.05, 0) is 50.9 Å². The van der Waals surface area contributed by atoms with Gasteiger partial charge in [0, 0.05) is 24.0 Å². The first-order chi connectivity index (χ1) is 21.0. The van der Waals surface area contributed by atoms with Crippen LogP contribution in [0.25, 0.3) is 5.76 Å². The number of aliphatic hydroxyl groups excluding tert-OH is 3. The van der Waals surface area contributed by atoms with Gasteiger partial charge < -0.3 is 47.0 Å². The van der Waals surface area contributed by atoms with Crippen LogP contribution in [0, 0.1) is 11.8 Å². The standard InChI is InChI=1S/C30H36N4O11/c1-10-12-6-7-13(33-29(44)14(8-9-15(35)36)32-11-4-5-11)22(37)17(12)23(38)18-16(10)24(39)20-21(34(2)3)25(40)19(28(31)43)27(42)30(20,45)26(18)41/h6-7,10-11,14,16,20-21,24,32,37-39,42,45H,4-5,8-9H2,1-3H3,(H2,31,43)(H,33,44)(H,35,36)/t10?,14?,16?,20?,21-,24?,30-/m0/s1. The largest absolute Gasteiger partial charge is 0.508 e. The Morgan fingerprint density at radius 3 is 2.33 bits per heavy atom. The lowest BCUT2D eigenvalue weighted by molar-refractivity contribution is -0.169. The molecule has 10 N–H and O–H groups in total. The molecule has 2 amide bonds. The SMILES string of the molecule is CC1c2ccc(NC(=O)C(CCC(=O)O)NC3CC3)c(O)c2C(O)=C2C(=O)[C@]3(O)C(O)=C(C(N)=O)C(=O)[C@@H](N(C)C)C3C(O)C21. The molecule has 0 saturated heterocycles. The van der Waals surface area contributed by atoms with Crippen molar-refractivity contribution in [2.45, 2.75) is 68.4 Å². The van der Waals surface area contributed by atoms with Crippen LogP contribution in [0.2, 0.25) is 0 Å². The third-order valence-corrected chi connectivity index (χ3v) is 9.36. The molecule has 0 radical (unpaired) electrons. The maximum absolute atomic E-state index is 14.1. The van der Waals surface area contributed by atoms with E-state index in [1.165, 1.54) is 31.1 Å². The van der Waals surface area contributed by atoms with E-state index in [9.17, 15) is 49.5 Å². The first-order valence-electron chi connectivity index (χ1n) is 14.5. The predicted octanol–water partition coefficient (Wildman–Crippen LogP) is -0.580. The Morgan fingerprint density at radius 2 is 1.78 bits per heavy atom. The van der Waals surface area contributed by atoms with Crippen LogP contribution in [0.3, 0.4) is 0 Å². The summed E-state index contributed by atoms with van der Waals surface area (Å²) in [5.74, 6) is -12.0. The van der Waals surface area contributed by atoms with E-state index in [1.54, 1.807) is 6.92 Å². The Bertz CT molecular complexity index is 1580. The highest BCUT2D eigenvalue weighted by Crippen LogP contribution is 2.56.